The van der Waals surface area contributed by atoms with Crippen LogP contribution in [0.5, 0.6) is 0 Å². The van der Waals surface area contributed by atoms with Crippen LogP contribution in [0, 0.1) is 0 Å². The molecule has 3 N–H and O–H groups in total. The highest BCUT2D eigenvalue weighted by molar-refractivity contribution is 7.99. The van der Waals surface area contributed by atoms with Gasteiger partial charge in [0.2, 0.25) is 11.1 Å². The van der Waals surface area contributed by atoms with Crippen LogP contribution in [0.15, 0.2) is 59.8 Å². The van der Waals surface area contributed by atoms with Gasteiger partial charge in [0.1, 0.15) is 0 Å². The SMILES string of the molecule is C[C@H](CNC(=O)CSc1nnc(-c2ccc(C(C)(C)C)cc2)n1N)c1ccccc1. The zero-order chi connectivity index (χ0) is 21.7. The summed E-state index contributed by atoms with van der Waals surface area (Å²) in [6, 6.07) is 18.3. The van der Waals surface area contributed by atoms with Crippen LogP contribution >= 0.6 is 11.8 Å². The van der Waals surface area contributed by atoms with Crippen LogP contribution in [0.25, 0.3) is 11.4 Å². The molecule has 7 heteroatoms. The van der Waals surface area contributed by atoms with Gasteiger partial charge in [0.25, 0.3) is 0 Å². The number of rotatable bonds is 7. The van der Waals surface area contributed by atoms with Crippen molar-refractivity contribution in [2.75, 3.05) is 18.1 Å². The Morgan fingerprint density at radius 2 is 1.77 bits per heavy atom. The number of nitrogens with zero attached hydrogens (tertiary/aromatic N) is 3. The number of thioether (sulfide) groups is 1. The molecule has 0 saturated heterocycles. The van der Waals surface area contributed by atoms with Gasteiger partial charge in [-0.1, -0.05) is 94.1 Å². The van der Waals surface area contributed by atoms with Gasteiger partial charge in [-0.2, -0.15) is 0 Å². The van der Waals surface area contributed by atoms with Crippen molar-refractivity contribution in [2.45, 2.75) is 44.2 Å². The van der Waals surface area contributed by atoms with E-state index in [1.54, 1.807) is 0 Å². The van der Waals surface area contributed by atoms with E-state index in [2.05, 4.69) is 67.5 Å². The van der Waals surface area contributed by atoms with Crippen LogP contribution in [0.4, 0.5) is 0 Å². The molecule has 3 aromatic rings. The molecule has 0 spiro atoms. The molecule has 6 nitrogen and oxygen atoms in total. The molecule has 0 aliphatic carbocycles. The van der Waals surface area contributed by atoms with E-state index in [9.17, 15) is 4.79 Å². The lowest BCUT2D eigenvalue weighted by molar-refractivity contribution is -0.118. The molecule has 0 radical (unpaired) electrons. The van der Waals surface area contributed by atoms with Gasteiger partial charge in [0.05, 0.1) is 5.75 Å². The van der Waals surface area contributed by atoms with E-state index < -0.39 is 0 Å². The Hall–Kier alpha value is -2.80. The van der Waals surface area contributed by atoms with Gasteiger partial charge in [0, 0.05) is 12.1 Å². The summed E-state index contributed by atoms with van der Waals surface area (Å²) in [6.45, 7) is 9.20. The van der Waals surface area contributed by atoms with Crippen LogP contribution < -0.4 is 11.2 Å². The van der Waals surface area contributed by atoms with Gasteiger partial charge in [-0.25, -0.2) is 4.68 Å². The molecule has 0 unspecified atom stereocenters. The molecule has 0 bridgehead atoms. The van der Waals surface area contributed by atoms with Crippen molar-refractivity contribution >= 4 is 17.7 Å². The third-order valence-corrected chi connectivity index (χ3v) is 5.92. The molecule has 1 heterocycles. The van der Waals surface area contributed by atoms with E-state index in [1.165, 1.54) is 27.6 Å². The second kappa shape index (κ2) is 9.34. The average Bonchev–Trinajstić information content (AvgIpc) is 3.11. The summed E-state index contributed by atoms with van der Waals surface area (Å²) >= 11 is 1.28. The third kappa shape index (κ3) is 5.42. The molecule has 0 saturated carbocycles. The molecule has 0 fully saturated rings. The Balaban J connectivity index is 1.55. The smallest absolute Gasteiger partial charge is 0.230 e. The Morgan fingerprint density at radius 3 is 2.40 bits per heavy atom. The van der Waals surface area contributed by atoms with Crippen molar-refractivity contribution in [3.05, 3.63) is 65.7 Å². The van der Waals surface area contributed by atoms with Gasteiger partial charge in [-0.3, -0.25) is 4.79 Å². The van der Waals surface area contributed by atoms with E-state index in [0.29, 0.717) is 17.5 Å². The molecular formula is C23H29N5OS. The standard InChI is InChI=1S/C23H29N5OS/c1-16(17-8-6-5-7-9-17)14-25-20(29)15-30-22-27-26-21(28(22)24)18-10-12-19(13-11-18)23(2,3)4/h5-13,16H,14-15,24H2,1-4H3,(H,25,29)/t16-/m1/s1. The normalized spacial score (nSPS) is 12.5. The number of aromatic nitrogens is 3. The van der Waals surface area contributed by atoms with E-state index in [-0.39, 0.29) is 23.0 Å². The summed E-state index contributed by atoms with van der Waals surface area (Å²) < 4.78 is 1.44. The summed E-state index contributed by atoms with van der Waals surface area (Å²) in [5.74, 6) is 7.20. The van der Waals surface area contributed by atoms with Gasteiger partial charge < -0.3 is 11.2 Å². The first-order valence-electron chi connectivity index (χ1n) is 10.0. The van der Waals surface area contributed by atoms with E-state index in [0.717, 1.165) is 5.56 Å². The minimum Gasteiger partial charge on any atom is -0.355 e. The van der Waals surface area contributed by atoms with Crippen molar-refractivity contribution < 1.29 is 4.79 Å². The number of carbonyl (C=O) groups is 1. The third-order valence-electron chi connectivity index (χ3n) is 4.98. The Morgan fingerprint density at radius 1 is 1.10 bits per heavy atom. The second-order valence-electron chi connectivity index (χ2n) is 8.41. The molecule has 0 aliphatic rings. The van der Waals surface area contributed by atoms with Gasteiger partial charge in [-0.05, 0) is 22.5 Å². The predicted octanol–water partition coefficient (Wildman–Crippen LogP) is 3.97. The number of hydrogen-bond donors (Lipinski definition) is 2. The van der Waals surface area contributed by atoms with Crippen molar-refractivity contribution in [3.8, 4) is 11.4 Å². The highest BCUT2D eigenvalue weighted by atomic mass is 32.2. The summed E-state index contributed by atoms with van der Waals surface area (Å²) in [6.07, 6.45) is 0. The molecule has 1 aromatic heterocycles. The summed E-state index contributed by atoms with van der Waals surface area (Å²) in [5, 5.41) is 11.8. The minimum absolute atomic E-state index is 0.0538. The fourth-order valence-corrected chi connectivity index (χ4v) is 3.73. The second-order valence-corrected chi connectivity index (χ2v) is 9.35. The zero-order valence-corrected chi connectivity index (χ0v) is 18.7. The minimum atomic E-state index is -0.0538. The summed E-state index contributed by atoms with van der Waals surface area (Å²) in [7, 11) is 0. The molecule has 3 rings (SSSR count). The van der Waals surface area contributed by atoms with E-state index >= 15 is 0 Å². The van der Waals surface area contributed by atoms with Crippen LogP contribution in [-0.2, 0) is 10.2 Å². The summed E-state index contributed by atoms with van der Waals surface area (Å²) in [5.41, 5.74) is 3.42. The van der Waals surface area contributed by atoms with Crippen molar-refractivity contribution in [3.63, 3.8) is 0 Å². The number of hydrogen-bond acceptors (Lipinski definition) is 5. The Kier molecular flexibility index (Phi) is 6.82. The topological polar surface area (TPSA) is 85.8 Å². The molecule has 2 aromatic carbocycles. The van der Waals surface area contributed by atoms with Crippen LogP contribution in [0.1, 0.15) is 44.7 Å². The van der Waals surface area contributed by atoms with Crippen molar-refractivity contribution in [2.24, 2.45) is 0 Å². The van der Waals surface area contributed by atoms with Crippen LogP contribution in [0.2, 0.25) is 0 Å². The summed E-state index contributed by atoms with van der Waals surface area (Å²) in [4.78, 5) is 12.2. The van der Waals surface area contributed by atoms with Gasteiger partial charge >= 0.3 is 0 Å². The van der Waals surface area contributed by atoms with Crippen molar-refractivity contribution in [1.29, 1.82) is 0 Å². The maximum absolute atomic E-state index is 12.2. The number of amides is 1. The molecule has 0 aliphatic heterocycles. The number of benzene rings is 2. The Bertz CT molecular complexity index is 977. The highest BCUT2D eigenvalue weighted by Crippen LogP contribution is 2.26. The number of nitrogen functional groups attached to an aromatic ring is 1. The highest BCUT2D eigenvalue weighted by Gasteiger charge is 2.17. The lowest BCUT2D eigenvalue weighted by Crippen LogP contribution is -2.29. The first kappa shape index (κ1) is 21.9. The molecular weight excluding hydrogens is 394 g/mol. The lowest BCUT2D eigenvalue weighted by Gasteiger charge is -2.19. The van der Waals surface area contributed by atoms with Crippen LogP contribution in [-0.4, -0.2) is 33.1 Å². The largest absolute Gasteiger partial charge is 0.355 e. The number of nitrogens with one attached hydrogen (secondary N) is 1. The van der Waals surface area contributed by atoms with Crippen LogP contribution in [0.3, 0.4) is 0 Å². The first-order valence-corrected chi connectivity index (χ1v) is 11.0. The quantitative estimate of drug-likeness (QED) is 0.444. The fourth-order valence-electron chi connectivity index (χ4n) is 3.04. The fraction of sp³-hybridized carbons (Fsp3) is 0.348. The van der Waals surface area contributed by atoms with Gasteiger partial charge in [0.15, 0.2) is 5.82 Å². The predicted molar refractivity (Wildman–Crippen MR) is 123 cm³/mol. The van der Waals surface area contributed by atoms with E-state index in [1.807, 2.05) is 30.3 Å². The molecule has 30 heavy (non-hydrogen) atoms. The maximum atomic E-state index is 12.2. The first-order chi connectivity index (χ1) is 14.3. The lowest BCUT2D eigenvalue weighted by atomic mass is 9.87. The monoisotopic (exact) mass is 423 g/mol. The van der Waals surface area contributed by atoms with E-state index in [4.69, 9.17) is 5.84 Å². The van der Waals surface area contributed by atoms with Gasteiger partial charge in [-0.15, -0.1) is 10.2 Å². The number of nitrogens with two attached hydrogens (primary N) is 1. The molecule has 158 valence electrons. The zero-order valence-electron chi connectivity index (χ0n) is 17.9. The maximum Gasteiger partial charge on any atom is 0.230 e. The average molecular weight is 424 g/mol. The Labute approximate surface area is 182 Å². The van der Waals surface area contributed by atoms with Crippen molar-refractivity contribution in [1.82, 2.24) is 20.2 Å². The molecule has 1 amide bonds. The number of carbonyl (C=O) groups excluding carboxylic acids is 1. The molecule has 1 atom stereocenters.